The fourth-order valence-electron chi connectivity index (χ4n) is 2.00. The lowest BCUT2D eigenvalue weighted by atomic mass is 10.0. The van der Waals surface area contributed by atoms with Crippen molar-refractivity contribution in [3.63, 3.8) is 0 Å². The maximum absolute atomic E-state index is 11.8. The third-order valence-electron chi connectivity index (χ3n) is 3.25. The number of oxime groups is 1. The molecule has 0 aromatic heterocycles. The van der Waals surface area contributed by atoms with E-state index in [0.717, 1.165) is 12.8 Å². The minimum atomic E-state index is -0.953. The predicted octanol–water partition coefficient (Wildman–Crippen LogP) is 1.15. The average Bonchev–Trinajstić information content (AvgIpc) is 3.02. The Morgan fingerprint density at radius 2 is 2.08 bits per heavy atom. The number of nitrogens with one attached hydrogen (secondary N) is 1. The zero-order chi connectivity index (χ0) is 17.9. The van der Waals surface area contributed by atoms with Crippen LogP contribution in [0.15, 0.2) is 5.16 Å². The summed E-state index contributed by atoms with van der Waals surface area (Å²) >= 11 is 0. The second kappa shape index (κ2) is 10.5. The summed E-state index contributed by atoms with van der Waals surface area (Å²) in [6.45, 7) is 4.16. The quantitative estimate of drug-likeness (QED) is 0.379. The number of unbranched alkanes of at least 4 members (excludes halogenated alkanes) is 1. The highest BCUT2D eigenvalue weighted by molar-refractivity contribution is 6.36. The molecule has 0 saturated heterocycles. The number of carbonyl (C=O) groups excluding carboxylic acids is 3. The first-order chi connectivity index (χ1) is 11.5. The lowest BCUT2D eigenvalue weighted by molar-refractivity contribution is -0.144. The third-order valence-corrected chi connectivity index (χ3v) is 3.25. The molecule has 9 heteroatoms. The van der Waals surface area contributed by atoms with Crippen LogP contribution in [0.1, 0.15) is 39.5 Å². The Bertz CT molecular complexity index is 478. The Morgan fingerprint density at radius 1 is 1.33 bits per heavy atom. The number of esters is 2. The number of carbonyl (C=O) groups is 3. The van der Waals surface area contributed by atoms with Gasteiger partial charge in [-0.25, -0.2) is 14.4 Å². The van der Waals surface area contributed by atoms with E-state index in [4.69, 9.17) is 14.3 Å². The first kappa shape index (κ1) is 19.7. The van der Waals surface area contributed by atoms with Crippen molar-refractivity contribution in [1.29, 1.82) is 0 Å². The van der Waals surface area contributed by atoms with E-state index in [1.165, 1.54) is 7.11 Å². The van der Waals surface area contributed by atoms with Crippen LogP contribution < -0.4 is 5.32 Å². The summed E-state index contributed by atoms with van der Waals surface area (Å²) in [6.07, 6.45) is 0.671. The zero-order valence-electron chi connectivity index (χ0n) is 14.2. The number of rotatable bonds is 9. The molecule has 0 radical (unpaired) electrons. The van der Waals surface area contributed by atoms with E-state index in [1.54, 1.807) is 6.92 Å². The molecule has 0 fully saturated rings. The summed E-state index contributed by atoms with van der Waals surface area (Å²) in [5.74, 6) is -1.18. The van der Waals surface area contributed by atoms with Crippen LogP contribution in [0.2, 0.25) is 0 Å². The molecule has 0 bridgehead atoms. The van der Waals surface area contributed by atoms with Crippen molar-refractivity contribution < 1.29 is 33.4 Å². The van der Waals surface area contributed by atoms with Crippen molar-refractivity contribution in [2.24, 2.45) is 5.16 Å². The molecule has 1 N–H and O–H groups in total. The number of hydrogen-bond donors (Lipinski definition) is 1. The van der Waals surface area contributed by atoms with Crippen molar-refractivity contribution in [3.05, 3.63) is 0 Å². The molecule has 0 aromatic rings. The molecule has 1 amide bonds. The smallest absolute Gasteiger partial charge is 0.407 e. The standard InChI is InChI=1S/C15H24N2O7/c1-4-6-7-23-15(20)16-11(13(18)21-3)8-10-9-12(17-24-10)14(19)22-5-2/h10-11H,4-9H2,1-3H3,(H,16,20). The second-order valence-electron chi connectivity index (χ2n) is 5.14. The van der Waals surface area contributed by atoms with Gasteiger partial charge in [0, 0.05) is 12.8 Å². The van der Waals surface area contributed by atoms with E-state index in [1.807, 2.05) is 6.92 Å². The van der Waals surface area contributed by atoms with Crippen LogP contribution in [-0.4, -0.2) is 56.2 Å². The van der Waals surface area contributed by atoms with Crippen molar-refractivity contribution in [2.45, 2.75) is 51.7 Å². The lowest BCUT2D eigenvalue weighted by Crippen LogP contribution is -2.44. The normalized spacial score (nSPS) is 17.3. The van der Waals surface area contributed by atoms with Gasteiger partial charge in [0.05, 0.1) is 20.3 Å². The Hall–Kier alpha value is -2.32. The summed E-state index contributed by atoms with van der Waals surface area (Å²) in [6, 6.07) is -0.953. The summed E-state index contributed by atoms with van der Waals surface area (Å²) in [4.78, 5) is 40.2. The van der Waals surface area contributed by atoms with Gasteiger partial charge in [0.1, 0.15) is 12.1 Å². The van der Waals surface area contributed by atoms with Crippen molar-refractivity contribution in [3.8, 4) is 0 Å². The van der Waals surface area contributed by atoms with Gasteiger partial charge in [-0.05, 0) is 13.3 Å². The van der Waals surface area contributed by atoms with Gasteiger partial charge < -0.3 is 24.4 Å². The highest BCUT2D eigenvalue weighted by Gasteiger charge is 2.33. The van der Waals surface area contributed by atoms with Crippen LogP contribution in [0.4, 0.5) is 4.79 Å². The molecule has 9 nitrogen and oxygen atoms in total. The van der Waals surface area contributed by atoms with E-state index in [9.17, 15) is 14.4 Å². The molecule has 136 valence electrons. The Labute approximate surface area is 140 Å². The summed E-state index contributed by atoms with van der Waals surface area (Å²) in [5, 5.41) is 6.10. The molecule has 2 atom stereocenters. The zero-order valence-corrected chi connectivity index (χ0v) is 14.2. The third kappa shape index (κ3) is 6.43. The second-order valence-corrected chi connectivity index (χ2v) is 5.14. The monoisotopic (exact) mass is 344 g/mol. The largest absolute Gasteiger partial charge is 0.467 e. The van der Waals surface area contributed by atoms with Crippen LogP contribution in [0, 0.1) is 0 Å². The highest BCUT2D eigenvalue weighted by Crippen LogP contribution is 2.17. The number of amides is 1. The SMILES string of the molecule is CCCCOC(=O)NC(CC1CC(C(=O)OCC)=NO1)C(=O)OC. The molecule has 0 saturated carbocycles. The maximum atomic E-state index is 11.8. The summed E-state index contributed by atoms with van der Waals surface area (Å²) in [7, 11) is 1.22. The molecule has 0 aliphatic carbocycles. The topological polar surface area (TPSA) is 113 Å². The Balaban J connectivity index is 2.51. The van der Waals surface area contributed by atoms with E-state index >= 15 is 0 Å². The molecule has 0 spiro atoms. The van der Waals surface area contributed by atoms with Crippen molar-refractivity contribution in [1.82, 2.24) is 5.32 Å². The molecule has 1 rings (SSSR count). The predicted molar refractivity (Wildman–Crippen MR) is 83.4 cm³/mol. The minimum absolute atomic E-state index is 0.0992. The number of alkyl carbamates (subject to hydrolysis) is 1. The van der Waals surface area contributed by atoms with Gasteiger partial charge in [0.2, 0.25) is 0 Å². The highest BCUT2D eigenvalue weighted by atomic mass is 16.6. The molecular formula is C15H24N2O7. The van der Waals surface area contributed by atoms with Crippen LogP contribution in [-0.2, 0) is 28.6 Å². The van der Waals surface area contributed by atoms with Crippen LogP contribution in [0.3, 0.4) is 0 Å². The van der Waals surface area contributed by atoms with Gasteiger partial charge >= 0.3 is 18.0 Å². The molecular weight excluding hydrogens is 320 g/mol. The van der Waals surface area contributed by atoms with Gasteiger partial charge in [-0.15, -0.1) is 0 Å². The Kier molecular flexibility index (Phi) is 8.59. The lowest BCUT2D eigenvalue weighted by Gasteiger charge is -2.18. The van der Waals surface area contributed by atoms with Gasteiger partial charge in [-0.2, -0.15) is 0 Å². The van der Waals surface area contributed by atoms with Gasteiger partial charge in [-0.1, -0.05) is 18.5 Å². The number of methoxy groups -OCH3 is 1. The number of ether oxygens (including phenoxy) is 3. The Morgan fingerprint density at radius 3 is 2.71 bits per heavy atom. The molecule has 0 aromatic carbocycles. The number of hydrogen-bond acceptors (Lipinski definition) is 8. The van der Waals surface area contributed by atoms with E-state index in [-0.39, 0.29) is 31.8 Å². The maximum Gasteiger partial charge on any atom is 0.407 e. The molecule has 1 heterocycles. The fraction of sp³-hybridized carbons (Fsp3) is 0.733. The molecule has 24 heavy (non-hydrogen) atoms. The van der Waals surface area contributed by atoms with E-state index in [2.05, 4.69) is 15.2 Å². The fourth-order valence-corrected chi connectivity index (χ4v) is 2.00. The molecule has 2 unspecified atom stereocenters. The number of nitrogens with zero attached hydrogens (tertiary/aromatic N) is 1. The first-order valence-electron chi connectivity index (χ1n) is 7.92. The van der Waals surface area contributed by atoms with Crippen molar-refractivity contribution >= 4 is 23.7 Å². The molecule has 1 aliphatic rings. The average molecular weight is 344 g/mol. The van der Waals surface area contributed by atoms with Crippen molar-refractivity contribution in [2.75, 3.05) is 20.3 Å². The van der Waals surface area contributed by atoms with E-state index in [0.29, 0.717) is 0 Å². The summed E-state index contributed by atoms with van der Waals surface area (Å²) < 4.78 is 14.5. The van der Waals surface area contributed by atoms with Gasteiger partial charge in [-0.3, -0.25) is 0 Å². The molecule has 1 aliphatic heterocycles. The summed E-state index contributed by atoms with van der Waals surface area (Å²) in [5.41, 5.74) is 0.149. The van der Waals surface area contributed by atoms with Gasteiger partial charge in [0.15, 0.2) is 5.71 Å². The van der Waals surface area contributed by atoms with Crippen LogP contribution >= 0.6 is 0 Å². The van der Waals surface area contributed by atoms with Gasteiger partial charge in [0.25, 0.3) is 0 Å². The minimum Gasteiger partial charge on any atom is -0.467 e. The van der Waals surface area contributed by atoms with Crippen LogP contribution in [0.5, 0.6) is 0 Å². The van der Waals surface area contributed by atoms with E-state index < -0.39 is 30.2 Å². The first-order valence-corrected chi connectivity index (χ1v) is 7.92. The van der Waals surface area contributed by atoms with Crippen LogP contribution in [0.25, 0.3) is 0 Å².